The molecule has 1 aromatic rings. The maximum Gasteiger partial charge on any atom is 0.233 e. The van der Waals surface area contributed by atoms with Crippen molar-refractivity contribution in [2.24, 2.45) is 0 Å². The van der Waals surface area contributed by atoms with Crippen LogP contribution in [0.1, 0.15) is 18.9 Å². The lowest BCUT2D eigenvalue weighted by molar-refractivity contribution is -0.138. The Morgan fingerprint density at radius 1 is 1.25 bits per heavy atom. The summed E-state index contributed by atoms with van der Waals surface area (Å²) in [5, 5.41) is 2.81. The number of carbonyl (C=O) groups excluding carboxylic acids is 2. The number of carbonyl (C=O) groups is 2. The minimum atomic E-state index is -0.262. The summed E-state index contributed by atoms with van der Waals surface area (Å²) in [7, 11) is 0. The van der Waals surface area contributed by atoms with Crippen LogP contribution >= 0.6 is 0 Å². The van der Waals surface area contributed by atoms with Gasteiger partial charge in [-0.3, -0.25) is 9.59 Å². The van der Waals surface area contributed by atoms with E-state index in [0.29, 0.717) is 26.3 Å². The maximum atomic E-state index is 12.0. The lowest BCUT2D eigenvalue weighted by Gasteiger charge is -2.26. The first-order chi connectivity index (χ1) is 9.70. The second kappa shape index (κ2) is 7.05. The molecule has 1 N–H and O–H groups in total. The number of hydrogen-bond acceptors (Lipinski definition) is 3. The van der Waals surface area contributed by atoms with Crippen LogP contribution in [0.25, 0.3) is 0 Å². The zero-order chi connectivity index (χ0) is 14.4. The van der Waals surface area contributed by atoms with Crippen molar-refractivity contribution in [2.45, 2.75) is 19.8 Å². The van der Waals surface area contributed by atoms with Gasteiger partial charge in [0.2, 0.25) is 11.8 Å². The summed E-state index contributed by atoms with van der Waals surface area (Å²) < 4.78 is 5.19. The van der Waals surface area contributed by atoms with Crippen LogP contribution in [0, 0.1) is 0 Å². The van der Waals surface area contributed by atoms with Crippen LogP contribution in [-0.2, 0) is 20.7 Å². The van der Waals surface area contributed by atoms with Gasteiger partial charge >= 0.3 is 0 Å². The van der Waals surface area contributed by atoms with Gasteiger partial charge in [-0.25, -0.2) is 0 Å². The molecule has 0 spiro atoms. The minimum Gasteiger partial charge on any atom is -0.378 e. The monoisotopic (exact) mass is 276 g/mol. The van der Waals surface area contributed by atoms with E-state index in [0.717, 1.165) is 17.7 Å². The largest absolute Gasteiger partial charge is 0.378 e. The number of benzene rings is 1. The van der Waals surface area contributed by atoms with Gasteiger partial charge in [0.15, 0.2) is 0 Å². The fraction of sp³-hybridized carbons (Fsp3) is 0.467. The molecule has 1 aromatic carbocycles. The number of anilines is 1. The van der Waals surface area contributed by atoms with Crippen molar-refractivity contribution in [3.63, 3.8) is 0 Å². The Labute approximate surface area is 118 Å². The Kier molecular flexibility index (Phi) is 5.12. The third-order valence-electron chi connectivity index (χ3n) is 3.35. The van der Waals surface area contributed by atoms with Crippen molar-refractivity contribution in [3.05, 3.63) is 29.8 Å². The number of nitrogens with one attached hydrogen (secondary N) is 1. The first kappa shape index (κ1) is 14.5. The first-order valence-electron chi connectivity index (χ1n) is 6.94. The zero-order valence-electron chi connectivity index (χ0n) is 11.7. The van der Waals surface area contributed by atoms with E-state index in [-0.39, 0.29) is 18.2 Å². The van der Waals surface area contributed by atoms with Crippen LogP contribution in [-0.4, -0.2) is 43.0 Å². The van der Waals surface area contributed by atoms with Crippen molar-refractivity contribution in [1.82, 2.24) is 4.90 Å². The molecule has 1 fully saturated rings. The van der Waals surface area contributed by atoms with Crippen LogP contribution in [0.5, 0.6) is 0 Å². The Bertz CT molecular complexity index is 482. The second-order valence-corrected chi connectivity index (χ2v) is 4.73. The van der Waals surface area contributed by atoms with E-state index < -0.39 is 0 Å². The Hall–Kier alpha value is -1.88. The van der Waals surface area contributed by atoms with Crippen LogP contribution in [0.15, 0.2) is 24.3 Å². The van der Waals surface area contributed by atoms with Gasteiger partial charge in [0.25, 0.3) is 0 Å². The topological polar surface area (TPSA) is 58.6 Å². The molecule has 5 heteroatoms. The normalized spacial score (nSPS) is 14.9. The van der Waals surface area contributed by atoms with Gasteiger partial charge < -0.3 is 15.0 Å². The quantitative estimate of drug-likeness (QED) is 0.847. The summed E-state index contributed by atoms with van der Waals surface area (Å²) in [5.41, 5.74) is 1.86. The lowest BCUT2D eigenvalue weighted by Crippen LogP contribution is -2.42. The number of morpholine rings is 1. The molecule has 1 aliphatic heterocycles. The second-order valence-electron chi connectivity index (χ2n) is 4.73. The van der Waals surface area contributed by atoms with Gasteiger partial charge in [-0.2, -0.15) is 0 Å². The fourth-order valence-electron chi connectivity index (χ4n) is 2.21. The molecule has 0 radical (unpaired) electrons. The van der Waals surface area contributed by atoms with E-state index in [1.807, 2.05) is 31.2 Å². The van der Waals surface area contributed by atoms with Gasteiger partial charge in [0, 0.05) is 18.8 Å². The predicted molar refractivity (Wildman–Crippen MR) is 76.5 cm³/mol. The first-order valence-corrected chi connectivity index (χ1v) is 6.94. The number of aryl methyl sites for hydroxylation is 1. The summed E-state index contributed by atoms with van der Waals surface area (Å²) in [5.74, 6) is -0.401. The average Bonchev–Trinajstić information content (AvgIpc) is 2.48. The highest BCUT2D eigenvalue weighted by Gasteiger charge is 2.19. The van der Waals surface area contributed by atoms with Gasteiger partial charge in [0.05, 0.1) is 13.2 Å². The third kappa shape index (κ3) is 3.81. The van der Waals surface area contributed by atoms with Crippen LogP contribution in [0.2, 0.25) is 0 Å². The summed E-state index contributed by atoms with van der Waals surface area (Å²) in [6.45, 7) is 4.26. The van der Waals surface area contributed by atoms with Crippen LogP contribution < -0.4 is 5.32 Å². The van der Waals surface area contributed by atoms with Gasteiger partial charge in [-0.1, -0.05) is 25.1 Å². The molecule has 0 saturated carbocycles. The van der Waals surface area contributed by atoms with Crippen molar-refractivity contribution in [3.8, 4) is 0 Å². The summed E-state index contributed by atoms with van der Waals surface area (Å²) in [6, 6.07) is 7.64. The molecule has 0 aromatic heterocycles. The molecule has 5 nitrogen and oxygen atoms in total. The highest BCUT2D eigenvalue weighted by Crippen LogP contribution is 2.15. The third-order valence-corrected chi connectivity index (χ3v) is 3.35. The molecular weight excluding hydrogens is 256 g/mol. The van der Waals surface area contributed by atoms with E-state index in [4.69, 9.17) is 4.74 Å². The summed E-state index contributed by atoms with van der Waals surface area (Å²) in [6.07, 6.45) is 0.728. The van der Waals surface area contributed by atoms with Gasteiger partial charge in [-0.05, 0) is 18.1 Å². The summed E-state index contributed by atoms with van der Waals surface area (Å²) in [4.78, 5) is 25.6. The Balaban J connectivity index is 1.90. The molecular formula is C15H20N2O3. The van der Waals surface area contributed by atoms with Gasteiger partial charge in [-0.15, -0.1) is 0 Å². The number of ether oxygens (including phenoxy) is 1. The molecule has 2 amide bonds. The van der Waals surface area contributed by atoms with E-state index >= 15 is 0 Å². The van der Waals surface area contributed by atoms with Gasteiger partial charge in [0.1, 0.15) is 6.42 Å². The van der Waals surface area contributed by atoms with Crippen molar-refractivity contribution < 1.29 is 14.3 Å². The molecule has 1 saturated heterocycles. The maximum absolute atomic E-state index is 12.0. The van der Waals surface area contributed by atoms with Crippen LogP contribution in [0.4, 0.5) is 5.69 Å². The average molecular weight is 276 g/mol. The molecule has 0 bridgehead atoms. The molecule has 2 rings (SSSR count). The molecule has 108 valence electrons. The van der Waals surface area contributed by atoms with E-state index in [1.54, 1.807) is 4.90 Å². The number of amides is 2. The number of para-hydroxylation sites is 1. The molecule has 0 unspecified atom stereocenters. The molecule has 1 aliphatic rings. The lowest BCUT2D eigenvalue weighted by atomic mass is 10.1. The number of nitrogens with zero attached hydrogens (tertiary/aromatic N) is 1. The standard InChI is InChI=1S/C15H20N2O3/c1-2-12-5-3-4-6-13(12)16-14(18)11-15(19)17-7-9-20-10-8-17/h3-6H,2,7-11H2,1H3,(H,16,18). The molecule has 0 aliphatic carbocycles. The smallest absolute Gasteiger partial charge is 0.233 e. The Morgan fingerprint density at radius 2 is 1.95 bits per heavy atom. The minimum absolute atomic E-state index is 0.113. The molecule has 1 heterocycles. The van der Waals surface area contributed by atoms with Crippen LogP contribution in [0.3, 0.4) is 0 Å². The zero-order valence-corrected chi connectivity index (χ0v) is 11.7. The SMILES string of the molecule is CCc1ccccc1NC(=O)CC(=O)N1CCOCC1. The summed E-state index contributed by atoms with van der Waals surface area (Å²) >= 11 is 0. The fourth-order valence-corrected chi connectivity index (χ4v) is 2.21. The Morgan fingerprint density at radius 3 is 2.65 bits per heavy atom. The van der Waals surface area contributed by atoms with Crippen molar-refractivity contribution in [1.29, 1.82) is 0 Å². The van der Waals surface area contributed by atoms with Crippen molar-refractivity contribution >= 4 is 17.5 Å². The predicted octanol–water partition coefficient (Wildman–Crippen LogP) is 1.44. The van der Waals surface area contributed by atoms with E-state index in [1.165, 1.54) is 0 Å². The molecule has 0 atom stereocenters. The van der Waals surface area contributed by atoms with E-state index in [9.17, 15) is 9.59 Å². The number of rotatable bonds is 4. The highest BCUT2D eigenvalue weighted by atomic mass is 16.5. The number of hydrogen-bond donors (Lipinski definition) is 1. The van der Waals surface area contributed by atoms with E-state index in [2.05, 4.69) is 5.32 Å². The van der Waals surface area contributed by atoms with Crippen molar-refractivity contribution in [2.75, 3.05) is 31.6 Å². The molecule has 20 heavy (non-hydrogen) atoms. The highest BCUT2D eigenvalue weighted by molar-refractivity contribution is 6.03.